The Morgan fingerprint density at radius 2 is 1.79 bits per heavy atom. The van der Waals surface area contributed by atoms with Gasteiger partial charge in [0.2, 0.25) is 15.9 Å². The number of hydrogen-bond acceptors (Lipinski definition) is 4. The first-order chi connectivity index (χ1) is 13.8. The van der Waals surface area contributed by atoms with Crippen molar-refractivity contribution < 1.29 is 17.9 Å². The quantitative estimate of drug-likeness (QED) is 0.636. The summed E-state index contributed by atoms with van der Waals surface area (Å²) < 4.78 is 31.1. The first kappa shape index (κ1) is 22.7. The number of hydrogen-bond donors (Lipinski definition) is 1. The lowest BCUT2D eigenvalue weighted by molar-refractivity contribution is -0.121. The zero-order valence-corrected chi connectivity index (χ0v) is 18.3. The van der Waals surface area contributed by atoms with Gasteiger partial charge in [0.25, 0.3) is 0 Å². The number of nitrogens with zero attached hydrogens (tertiary/aromatic N) is 1. The molecule has 0 radical (unpaired) electrons. The summed E-state index contributed by atoms with van der Waals surface area (Å²) in [6.45, 7) is 4.25. The zero-order valence-electron chi connectivity index (χ0n) is 17.5. The number of para-hydroxylation sites is 2. The van der Waals surface area contributed by atoms with Crippen LogP contribution in [0.3, 0.4) is 0 Å². The molecular weight excluding hydrogens is 388 g/mol. The van der Waals surface area contributed by atoms with E-state index in [-0.39, 0.29) is 24.9 Å². The van der Waals surface area contributed by atoms with Crippen LogP contribution in [-0.2, 0) is 14.8 Å². The molecule has 2 aromatic rings. The minimum absolute atomic E-state index is 0.0525. The van der Waals surface area contributed by atoms with Gasteiger partial charge in [0.05, 0.1) is 25.1 Å². The molecule has 0 spiro atoms. The lowest BCUT2D eigenvalue weighted by atomic mass is 10.0. The van der Waals surface area contributed by atoms with Crippen molar-refractivity contribution in [1.29, 1.82) is 0 Å². The van der Waals surface area contributed by atoms with Crippen molar-refractivity contribution in [2.45, 2.75) is 39.2 Å². The first-order valence-electron chi connectivity index (χ1n) is 9.73. The van der Waals surface area contributed by atoms with Crippen LogP contribution in [0, 0.1) is 6.92 Å². The molecule has 7 heteroatoms. The number of sulfonamides is 1. The fourth-order valence-electron chi connectivity index (χ4n) is 3.17. The number of rotatable bonds is 10. The molecule has 0 aliphatic rings. The van der Waals surface area contributed by atoms with Crippen LogP contribution in [0.5, 0.6) is 5.75 Å². The maximum atomic E-state index is 12.4. The van der Waals surface area contributed by atoms with Gasteiger partial charge >= 0.3 is 0 Å². The number of ether oxygens (including phenoxy) is 1. The summed E-state index contributed by atoms with van der Waals surface area (Å²) in [5, 5.41) is 3.05. The molecular formula is C22H30N2O4S. The van der Waals surface area contributed by atoms with E-state index in [2.05, 4.69) is 5.32 Å². The van der Waals surface area contributed by atoms with E-state index in [1.54, 1.807) is 24.3 Å². The Kier molecular flexibility index (Phi) is 8.08. The smallest absolute Gasteiger partial charge is 0.232 e. The second kappa shape index (κ2) is 10.3. The summed E-state index contributed by atoms with van der Waals surface area (Å²) in [4.78, 5) is 12.4. The van der Waals surface area contributed by atoms with Gasteiger partial charge in [-0.05, 0) is 37.5 Å². The highest BCUT2D eigenvalue weighted by Gasteiger charge is 2.21. The predicted octanol–water partition coefficient (Wildman–Crippen LogP) is 3.82. The standard InChI is InChI=1S/C22H30N2O4S/c1-5-19(18-14-12-17(2)13-15-18)23-22(25)11-8-16-24(29(4,26)27)20-9-6-7-10-21(20)28-3/h6-7,9-10,12-15,19H,5,8,11,16H2,1-4H3,(H,23,25). The molecule has 2 rings (SSSR count). The number of nitrogens with one attached hydrogen (secondary N) is 1. The van der Waals surface area contributed by atoms with Crippen LogP contribution >= 0.6 is 0 Å². The molecule has 29 heavy (non-hydrogen) atoms. The summed E-state index contributed by atoms with van der Waals surface area (Å²) in [6, 6.07) is 15.0. The molecule has 0 saturated carbocycles. The lowest BCUT2D eigenvalue weighted by Crippen LogP contribution is -2.33. The van der Waals surface area contributed by atoms with Crippen LogP contribution < -0.4 is 14.4 Å². The van der Waals surface area contributed by atoms with Crippen LogP contribution in [0.2, 0.25) is 0 Å². The molecule has 1 amide bonds. The molecule has 6 nitrogen and oxygen atoms in total. The number of aryl methyl sites for hydroxylation is 1. The van der Waals surface area contributed by atoms with Gasteiger partial charge in [-0.3, -0.25) is 9.10 Å². The monoisotopic (exact) mass is 418 g/mol. The van der Waals surface area contributed by atoms with Gasteiger partial charge in [0.15, 0.2) is 0 Å². The van der Waals surface area contributed by atoms with Gasteiger partial charge in [-0.1, -0.05) is 48.9 Å². The SMILES string of the molecule is CCC(NC(=O)CCCN(c1ccccc1OC)S(C)(=O)=O)c1ccc(C)cc1. The van der Waals surface area contributed by atoms with Crippen molar-refractivity contribution in [3.05, 3.63) is 59.7 Å². The van der Waals surface area contributed by atoms with E-state index in [0.29, 0.717) is 17.9 Å². The molecule has 1 N–H and O–H groups in total. The van der Waals surface area contributed by atoms with Crippen molar-refractivity contribution in [1.82, 2.24) is 5.32 Å². The number of anilines is 1. The molecule has 0 fully saturated rings. The highest BCUT2D eigenvalue weighted by Crippen LogP contribution is 2.29. The lowest BCUT2D eigenvalue weighted by Gasteiger charge is -2.24. The highest BCUT2D eigenvalue weighted by atomic mass is 32.2. The molecule has 0 aromatic heterocycles. The summed E-state index contributed by atoms with van der Waals surface area (Å²) in [5.41, 5.74) is 2.72. The molecule has 1 atom stereocenters. The molecule has 1 unspecified atom stereocenters. The van der Waals surface area contributed by atoms with E-state index in [1.165, 1.54) is 17.0 Å². The molecule has 2 aromatic carbocycles. The Labute approximate surface area is 173 Å². The molecule has 0 aliphatic heterocycles. The van der Waals surface area contributed by atoms with Crippen LogP contribution in [0.1, 0.15) is 43.4 Å². The minimum atomic E-state index is -3.50. The third-order valence-electron chi connectivity index (χ3n) is 4.74. The predicted molar refractivity (Wildman–Crippen MR) is 117 cm³/mol. The van der Waals surface area contributed by atoms with Crippen LogP contribution in [0.15, 0.2) is 48.5 Å². The van der Waals surface area contributed by atoms with Crippen LogP contribution in [0.25, 0.3) is 0 Å². The average molecular weight is 419 g/mol. The Morgan fingerprint density at radius 3 is 2.38 bits per heavy atom. The van der Waals surface area contributed by atoms with Crippen molar-refractivity contribution >= 4 is 21.6 Å². The van der Waals surface area contributed by atoms with Crippen molar-refractivity contribution in [2.75, 3.05) is 24.2 Å². The van der Waals surface area contributed by atoms with Gasteiger partial charge < -0.3 is 10.1 Å². The van der Waals surface area contributed by atoms with E-state index >= 15 is 0 Å². The highest BCUT2D eigenvalue weighted by molar-refractivity contribution is 7.92. The van der Waals surface area contributed by atoms with Gasteiger partial charge in [-0.25, -0.2) is 8.42 Å². The van der Waals surface area contributed by atoms with Crippen LogP contribution in [0.4, 0.5) is 5.69 Å². The molecule has 0 saturated heterocycles. The Bertz CT molecular complexity index is 911. The number of carbonyl (C=O) groups is 1. The van der Waals surface area contributed by atoms with E-state index in [0.717, 1.165) is 18.2 Å². The fraction of sp³-hybridized carbons (Fsp3) is 0.409. The summed E-state index contributed by atoms with van der Waals surface area (Å²) >= 11 is 0. The van der Waals surface area contributed by atoms with E-state index < -0.39 is 10.0 Å². The van der Waals surface area contributed by atoms with Crippen molar-refractivity contribution in [3.63, 3.8) is 0 Å². The van der Waals surface area contributed by atoms with E-state index in [4.69, 9.17) is 4.74 Å². The van der Waals surface area contributed by atoms with Crippen molar-refractivity contribution in [3.8, 4) is 5.75 Å². The first-order valence-corrected chi connectivity index (χ1v) is 11.6. The Balaban J connectivity index is 2.00. The third-order valence-corrected chi connectivity index (χ3v) is 5.92. The Morgan fingerprint density at radius 1 is 1.14 bits per heavy atom. The van der Waals surface area contributed by atoms with E-state index in [9.17, 15) is 13.2 Å². The van der Waals surface area contributed by atoms with Gasteiger partial charge in [0, 0.05) is 13.0 Å². The number of amides is 1. The molecule has 158 valence electrons. The molecule has 0 aliphatic carbocycles. The van der Waals surface area contributed by atoms with Gasteiger partial charge in [0.1, 0.15) is 5.75 Å². The maximum Gasteiger partial charge on any atom is 0.232 e. The van der Waals surface area contributed by atoms with Gasteiger partial charge in [-0.15, -0.1) is 0 Å². The number of carbonyl (C=O) groups excluding carboxylic acids is 1. The molecule has 0 heterocycles. The topological polar surface area (TPSA) is 75.7 Å². The fourth-order valence-corrected chi connectivity index (χ4v) is 4.14. The third kappa shape index (κ3) is 6.49. The van der Waals surface area contributed by atoms with Crippen molar-refractivity contribution in [2.24, 2.45) is 0 Å². The number of benzene rings is 2. The average Bonchev–Trinajstić information content (AvgIpc) is 2.69. The molecule has 0 bridgehead atoms. The summed E-state index contributed by atoms with van der Waals surface area (Å²) in [5.74, 6) is 0.388. The van der Waals surface area contributed by atoms with E-state index in [1.807, 2.05) is 38.1 Å². The second-order valence-electron chi connectivity index (χ2n) is 7.05. The second-order valence-corrected chi connectivity index (χ2v) is 8.96. The summed E-state index contributed by atoms with van der Waals surface area (Å²) in [6.07, 6.45) is 2.58. The zero-order chi connectivity index (χ0) is 21.4. The maximum absolute atomic E-state index is 12.4. The largest absolute Gasteiger partial charge is 0.495 e. The van der Waals surface area contributed by atoms with Gasteiger partial charge in [-0.2, -0.15) is 0 Å². The Hall–Kier alpha value is -2.54. The minimum Gasteiger partial charge on any atom is -0.495 e. The summed E-state index contributed by atoms with van der Waals surface area (Å²) in [7, 11) is -2.00. The normalized spacial score (nSPS) is 12.3. The van der Waals surface area contributed by atoms with Crippen LogP contribution in [-0.4, -0.2) is 34.2 Å². The number of methoxy groups -OCH3 is 1.